The molecule has 26 heavy (non-hydrogen) atoms. The molecule has 136 valence electrons. The summed E-state index contributed by atoms with van der Waals surface area (Å²) in [6, 6.07) is 5.18. The highest BCUT2D eigenvalue weighted by molar-refractivity contribution is 5.92. The number of hydrogen-bond acceptors (Lipinski definition) is 4. The lowest BCUT2D eigenvalue weighted by molar-refractivity contribution is -0.384. The molecule has 2 N–H and O–H groups in total. The Morgan fingerprint density at radius 3 is 2.15 bits per heavy atom. The van der Waals surface area contributed by atoms with E-state index in [4.69, 9.17) is 0 Å². The smallest absolute Gasteiger partial charge is 0.270 e. The van der Waals surface area contributed by atoms with E-state index < -0.39 is 45.6 Å². The third kappa shape index (κ3) is 3.94. The molecule has 2 rings (SSSR count). The fraction of sp³-hybridized carbons (Fsp3) is 0. The quantitative estimate of drug-likeness (QED) is 0.210. The molecular weight excluding hydrogens is 365 g/mol. The van der Waals surface area contributed by atoms with E-state index in [9.17, 15) is 36.9 Å². The lowest BCUT2D eigenvalue weighted by Crippen LogP contribution is -2.29. The molecule has 0 radical (unpaired) electrons. The molecule has 0 heterocycles. The van der Waals surface area contributed by atoms with Crippen LogP contribution in [0.2, 0.25) is 0 Å². The molecule has 0 saturated carbocycles. The molecule has 0 spiro atoms. The van der Waals surface area contributed by atoms with Crippen LogP contribution in [0.25, 0.3) is 6.08 Å². The maximum Gasteiger partial charge on any atom is 0.270 e. The summed E-state index contributed by atoms with van der Waals surface area (Å²) in [5.74, 6) is -12.0. The van der Waals surface area contributed by atoms with E-state index >= 15 is 0 Å². The van der Waals surface area contributed by atoms with Gasteiger partial charge >= 0.3 is 0 Å². The van der Waals surface area contributed by atoms with E-state index in [1.165, 1.54) is 18.2 Å². The van der Waals surface area contributed by atoms with Crippen molar-refractivity contribution in [1.82, 2.24) is 5.43 Å². The average molecular weight is 373 g/mol. The van der Waals surface area contributed by atoms with Crippen molar-refractivity contribution in [2.24, 2.45) is 0 Å². The Labute approximate surface area is 142 Å². The molecule has 0 bridgehead atoms. The van der Waals surface area contributed by atoms with Crippen LogP contribution in [0.1, 0.15) is 5.56 Å². The van der Waals surface area contributed by atoms with Crippen LogP contribution in [-0.2, 0) is 4.79 Å². The normalized spacial score (nSPS) is 10.8. The minimum Gasteiger partial charge on any atom is -0.293 e. The number of hydrazine groups is 1. The maximum absolute atomic E-state index is 13.4. The highest BCUT2D eigenvalue weighted by atomic mass is 19.2. The molecule has 0 aromatic heterocycles. The van der Waals surface area contributed by atoms with E-state index in [0.29, 0.717) is 0 Å². The van der Waals surface area contributed by atoms with Crippen molar-refractivity contribution < 1.29 is 31.7 Å². The number of nitrogens with one attached hydrogen (secondary N) is 2. The van der Waals surface area contributed by atoms with Gasteiger partial charge in [-0.05, 0) is 11.6 Å². The fourth-order valence-electron chi connectivity index (χ4n) is 1.79. The summed E-state index contributed by atoms with van der Waals surface area (Å²) in [5.41, 5.74) is 1.92. The van der Waals surface area contributed by atoms with Crippen molar-refractivity contribution in [3.63, 3.8) is 0 Å². The number of benzene rings is 2. The zero-order valence-corrected chi connectivity index (χ0v) is 12.5. The Bertz CT molecular complexity index is 889. The van der Waals surface area contributed by atoms with Crippen LogP contribution in [0.4, 0.5) is 33.3 Å². The number of nitro benzene ring substituents is 1. The summed E-state index contributed by atoms with van der Waals surface area (Å²) in [5, 5.41) is 10.6. The Morgan fingerprint density at radius 2 is 1.58 bits per heavy atom. The summed E-state index contributed by atoms with van der Waals surface area (Å²) in [4.78, 5) is 21.5. The van der Waals surface area contributed by atoms with Gasteiger partial charge in [-0.3, -0.25) is 25.8 Å². The summed E-state index contributed by atoms with van der Waals surface area (Å²) in [6.07, 6.45) is 1.97. The van der Waals surface area contributed by atoms with Crippen LogP contribution >= 0.6 is 0 Å². The van der Waals surface area contributed by atoms with Gasteiger partial charge in [0.15, 0.2) is 23.3 Å². The van der Waals surface area contributed by atoms with E-state index in [1.54, 1.807) is 10.9 Å². The lowest BCUT2D eigenvalue weighted by atomic mass is 10.2. The Kier molecular flexibility index (Phi) is 5.50. The minimum atomic E-state index is -2.33. The van der Waals surface area contributed by atoms with Crippen LogP contribution in [0, 0.1) is 39.2 Å². The number of nitro groups is 1. The van der Waals surface area contributed by atoms with Gasteiger partial charge in [-0.25, -0.2) is 22.0 Å². The van der Waals surface area contributed by atoms with Crippen molar-refractivity contribution in [1.29, 1.82) is 0 Å². The van der Waals surface area contributed by atoms with Crippen molar-refractivity contribution in [2.75, 3.05) is 5.43 Å². The average Bonchev–Trinajstić information content (AvgIpc) is 2.63. The summed E-state index contributed by atoms with van der Waals surface area (Å²) in [7, 11) is 0. The van der Waals surface area contributed by atoms with Gasteiger partial charge < -0.3 is 0 Å². The van der Waals surface area contributed by atoms with Crippen molar-refractivity contribution in [3.05, 3.63) is 75.1 Å². The number of carbonyl (C=O) groups excluding carboxylic acids is 1. The molecule has 0 aliphatic rings. The first kappa shape index (κ1) is 18.8. The van der Waals surface area contributed by atoms with Gasteiger partial charge in [-0.2, -0.15) is 0 Å². The fourth-order valence-corrected chi connectivity index (χ4v) is 1.79. The number of non-ortho nitro benzene ring substituents is 1. The van der Waals surface area contributed by atoms with E-state index in [0.717, 1.165) is 18.2 Å². The summed E-state index contributed by atoms with van der Waals surface area (Å²) < 4.78 is 65.7. The molecule has 1 amide bonds. The first-order chi connectivity index (χ1) is 12.2. The van der Waals surface area contributed by atoms with Gasteiger partial charge in [0.25, 0.3) is 11.6 Å². The number of halogens is 5. The van der Waals surface area contributed by atoms with Gasteiger partial charge in [0, 0.05) is 18.2 Å². The lowest BCUT2D eigenvalue weighted by Gasteiger charge is -2.10. The highest BCUT2D eigenvalue weighted by Gasteiger charge is 2.25. The Morgan fingerprint density at radius 1 is 1.00 bits per heavy atom. The van der Waals surface area contributed by atoms with Crippen LogP contribution in [0.3, 0.4) is 0 Å². The molecule has 0 unspecified atom stereocenters. The van der Waals surface area contributed by atoms with Gasteiger partial charge in [0.2, 0.25) is 5.82 Å². The second-order valence-electron chi connectivity index (χ2n) is 4.74. The van der Waals surface area contributed by atoms with Crippen molar-refractivity contribution in [2.45, 2.75) is 0 Å². The number of anilines is 1. The number of nitrogens with zero attached hydrogens (tertiary/aromatic N) is 1. The number of rotatable bonds is 5. The first-order valence-corrected chi connectivity index (χ1v) is 6.72. The summed E-state index contributed by atoms with van der Waals surface area (Å²) >= 11 is 0. The molecular formula is C15H8F5N3O3. The van der Waals surface area contributed by atoms with E-state index in [-0.39, 0.29) is 11.3 Å². The monoisotopic (exact) mass is 373 g/mol. The maximum atomic E-state index is 13.4. The molecule has 0 atom stereocenters. The SMILES string of the molecule is O=C(/C=C/c1cccc([N+](=O)[O-])c1)NNc1c(F)c(F)c(F)c(F)c1F. The molecule has 6 nitrogen and oxygen atoms in total. The second-order valence-corrected chi connectivity index (χ2v) is 4.74. The molecule has 2 aromatic carbocycles. The standard InChI is InChI=1S/C15H8F5N3O3/c16-10-11(17)13(19)15(14(20)12(10)18)22-21-9(24)5-4-7-2-1-3-8(6-7)23(25)26/h1-6,22H,(H,21,24)/b5-4+. The molecule has 11 heteroatoms. The van der Waals surface area contributed by atoms with Crippen molar-refractivity contribution >= 4 is 23.4 Å². The number of hydrogen-bond donors (Lipinski definition) is 2. The zero-order chi connectivity index (χ0) is 19.4. The van der Waals surface area contributed by atoms with Gasteiger partial charge in [-0.1, -0.05) is 12.1 Å². The molecule has 0 aliphatic heterocycles. The minimum absolute atomic E-state index is 0.230. The van der Waals surface area contributed by atoms with Gasteiger partial charge in [0.1, 0.15) is 5.69 Å². The molecule has 2 aromatic rings. The van der Waals surface area contributed by atoms with Crippen LogP contribution in [0.15, 0.2) is 30.3 Å². The number of amides is 1. The van der Waals surface area contributed by atoms with E-state index in [2.05, 4.69) is 0 Å². The first-order valence-electron chi connectivity index (χ1n) is 6.72. The van der Waals surface area contributed by atoms with Crippen molar-refractivity contribution in [3.8, 4) is 0 Å². The van der Waals surface area contributed by atoms with Crippen LogP contribution in [0.5, 0.6) is 0 Å². The highest BCUT2D eigenvalue weighted by Crippen LogP contribution is 2.26. The number of carbonyl (C=O) groups is 1. The Balaban J connectivity index is 2.10. The largest absolute Gasteiger partial charge is 0.293 e. The molecule has 0 aliphatic carbocycles. The summed E-state index contributed by atoms with van der Waals surface area (Å²) in [6.45, 7) is 0. The predicted octanol–water partition coefficient (Wildman–Crippen LogP) is 3.45. The van der Waals surface area contributed by atoms with E-state index in [1.807, 2.05) is 0 Å². The molecule has 0 saturated heterocycles. The predicted molar refractivity (Wildman–Crippen MR) is 80.1 cm³/mol. The molecule has 0 fully saturated rings. The van der Waals surface area contributed by atoms with Gasteiger partial charge in [-0.15, -0.1) is 0 Å². The topological polar surface area (TPSA) is 84.3 Å². The third-order valence-electron chi connectivity index (χ3n) is 3.03. The van der Waals surface area contributed by atoms with Crippen LogP contribution in [-0.4, -0.2) is 10.8 Å². The Hall–Kier alpha value is -3.50. The van der Waals surface area contributed by atoms with Crippen LogP contribution < -0.4 is 10.9 Å². The third-order valence-corrected chi connectivity index (χ3v) is 3.03. The zero-order valence-electron chi connectivity index (χ0n) is 12.5. The second kappa shape index (κ2) is 7.59. The van der Waals surface area contributed by atoms with Gasteiger partial charge in [0.05, 0.1) is 4.92 Å².